The molecule has 0 bridgehead atoms. The van der Waals surface area contributed by atoms with Crippen molar-refractivity contribution in [3.63, 3.8) is 0 Å². The maximum absolute atomic E-state index is 6.29. The largest absolute Gasteiger partial charge is 0.322 e. The van der Waals surface area contributed by atoms with E-state index in [-0.39, 0.29) is 6.04 Å². The molecule has 1 atom stereocenters. The van der Waals surface area contributed by atoms with E-state index < -0.39 is 0 Å². The van der Waals surface area contributed by atoms with E-state index in [9.17, 15) is 0 Å². The second-order valence-corrected chi connectivity index (χ2v) is 4.91. The third-order valence-corrected chi connectivity index (χ3v) is 3.39. The van der Waals surface area contributed by atoms with Gasteiger partial charge in [0.25, 0.3) is 0 Å². The summed E-state index contributed by atoms with van der Waals surface area (Å²) in [5, 5.41) is 5.57. The van der Waals surface area contributed by atoms with Crippen molar-refractivity contribution in [2.45, 2.75) is 19.5 Å². The average molecular weight is 251 g/mol. The fraction of sp³-hybridized carbons (Fsp3) is 0.188. The molecule has 2 N–H and O–H groups in total. The minimum atomic E-state index is -0.0387. The summed E-state index contributed by atoms with van der Waals surface area (Å²) in [5.74, 6) is 0. The molecule has 0 fully saturated rings. The zero-order valence-electron chi connectivity index (χ0n) is 11.0. The summed E-state index contributed by atoms with van der Waals surface area (Å²) in [5.41, 5.74) is 9.80. The Balaban J connectivity index is 1.89. The summed E-state index contributed by atoms with van der Waals surface area (Å²) in [6.07, 6.45) is 1.89. The molecule has 2 aromatic carbocycles. The monoisotopic (exact) mass is 251 g/mol. The summed E-state index contributed by atoms with van der Waals surface area (Å²) in [6.45, 7) is 2.77. The molecule has 3 aromatic rings. The van der Waals surface area contributed by atoms with Crippen molar-refractivity contribution < 1.29 is 0 Å². The molecule has 96 valence electrons. The van der Waals surface area contributed by atoms with Gasteiger partial charge < -0.3 is 5.73 Å². The number of nitrogens with zero attached hydrogens (tertiary/aromatic N) is 2. The molecule has 1 heterocycles. The van der Waals surface area contributed by atoms with Gasteiger partial charge in [0.2, 0.25) is 0 Å². The zero-order chi connectivity index (χ0) is 13.2. The predicted molar refractivity (Wildman–Crippen MR) is 77.8 cm³/mol. The van der Waals surface area contributed by atoms with E-state index in [1.165, 1.54) is 5.56 Å². The van der Waals surface area contributed by atoms with E-state index in [0.717, 1.165) is 16.5 Å². The van der Waals surface area contributed by atoms with Gasteiger partial charge in [0, 0.05) is 11.4 Å². The first-order valence-electron chi connectivity index (χ1n) is 6.47. The summed E-state index contributed by atoms with van der Waals surface area (Å²) >= 11 is 0. The highest BCUT2D eigenvalue weighted by molar-refractivity contribution is 5.78. The number of aromatic nitrogens is 2. The smallest absolute Gasteiger partial charge is 0.0683 e. The van der Waals surface area contributed by atoms with Crippen LogP contribution in [0, 0.1) is 6.92 Å². The molecule has 0 saturated carbocycles. The van der Waals surface area contributed by atoms with Crippen LogP contribution < -0.4 is 5.73 Å². The van der Waals surface area contributed by atoms with Gasteiger partial charge in [0.15, 0.2) is 0 Å². The molecular weight excluding hydrogens is 234 g/mol. The lowest BCUT2D eigenvalue weighted by Crippen LogP contribution is -2.18. The highest BCUT2D eigenvalue weighted by Crippen LogP contribution is 2.18. The Labute approximate surface area is 112 Å². The van der Waals surface area contributed by atoms with Crippen molar-refractivity contribution in [2.75, 3.05) is 0 Å². The van der Waals surface area contributed by atoms with Gasteiger partial charge >= 0.3 is 0 Å². The van der Waals surface area contributed by atoms with Gasteiger partial charge in [-0.1, -0.05) is 48.0 Å². The number of para-hydroxylation sites is 1. The summed E-state index contributed by atoms with van der Waals surface area (Å²) in [4.78, 5) is 0. The van der Waals surface area contributed by atoms with Crippen LogP contribution in [0.25, 0.3) is 10.9 Å². The number of rotatable bonds is 3. The quantitative estimate of drug-likeness (QED) is 0.777. The van der Waals surface area contributed by atoms with Gasteiger partial charge in [-0.25, -0.2) is 0 Å². The predicted octanol–water partition coefficient (Wildman–Crippen LogP) is 3.04. The van der Waals surface area contributed by atoms with Gasteiger partial charge in [-0.2, -0.15) is 5.10 Å². The van der Waals surface area contributed by atoms with Crippen molar-refractivity contribution in [3.8, 4) is 0 Å². The Morgan fingerprint density at radius 1 is 1.16 bits per heavy atom. The molecule has 19 heavy (non-hydrogen) atoms. The number of hydrogen-bond acceptors (Lipinski definition) is 2. The highest BCUT2D eigenvalue weighted by Gasteiger charge is 2.09. The molecule has 1 unspecified atom stereocenters. The Morgan fingerprint density at radius 3 is 2.84 bits per heavy atom. The number of fused-ring (bicyclic) bond motifs is 1. The van der Waals surface area contributed by atoms with Gasteiger partial charge in [-0.05, 0) is 18.6 Å². The number of aryl methyl sites for hydroxylation is 1. The summed E-state index contributed by atoms with van der Waals surface area (Å²) in [6, 6.07) is 16.5. The van der Waals surface area contributed by atoms with Crippen LogP contribution in [0.1, 0.15) is 17.2 Å². The van der Waals surface area contributed by atoms with Gasteiger partial charge in [-0.3, -0.25) is 4.68 Å². The maximum Gasteiger partial charge on any atom is 0.0683 e. The number of nitrogens with two attached hydrogens (primary N) is 1. The van der Waals surface area contributed by atoms with Crippen LogP contribution in [0.3, 0.4) is 0 Å². The van der Waals surface area contributed by atoms with Crippen LogP contribution in [0.4, 0.5) is 0 Å². The molecule has 1 aromatic heterocycles. The second kappa shape index (κ2) is 4.86. The third-order valence-electron chi connectivity index (χ3n) is 3.39. The molecule has 0 aliphatic rings. The topological polar surface area (TPSA) is 43.8 Å². The molecule has 0 saturated heterocycles. The Bertz CT molecular complexity index is 700. The van der Waals surface area contributed by atoms with Crippen molar-refractivity contribution in [2.24, 2.45) is 5.73 Å². The van der Waals surface area contributed by atoms with E-state index in [2.05, 4.69) is 42.4 Å². The van der Waals surface area contributed by atoms with Crippen LogP contribution >= 0.6 is 0 Å². The lowest BCUT2D eigenvalue weighted by atomic mass is 10.1. The molecule has 0 spiro atoms. The molecule has 3 heteroatoms. The third kappa shape index (κ3) is 2.37. The van der Waals surface area contributed by atoms with Crippen LogP contribution in [0.15, 0.2) is 54.7 Å². The minimum Gasteiger partial charge on any atom is -0.322 e. The first kappa shape index (κ1) is 11.9. The molecule has 0 aliphatic heterocycles. The molecule has 0 amide bonds. The second-order valence-electron chi connectivity index (χ2n) is 4.91. The van der Waals surface area contributed by atoms with Crippen LogP contribution in [-0.2, 0) is 6.54 Å². The van der Waals surface area contributed by atoms with Gasteiger partial charge in [-0.15, -0.1) is 0 Å². The van der Waals surface area contributed by atoms with E-state index >= 15 is 0 Å². The van der Waals surface area contributed by atoms with Gasteiger partial charge in [0.05, 0.1) is 18.3 Å². The fourth-order valence-electron chi connectivity index (χ4n) is 2.36. The molecule has 0 aliphatic carbocycles. The van der Waals surface area contributed by atoms with Crippen LogP contribution in [0.2, 0.25) is 0 Å². The molecule has 3 nitrogen and oxygen atoms in total. The highest BCUT2D eigenvalue weighted by atomic mass is 15.3. The Kier molecular flexibility index (Phi) is 3.05. The standard InChI is InChI=1S/C16H17N3/c1-12-5-4-7-13(9-12)15(17)11-19-16-8-3-2-6-14(16)10-18-19/h2-10,15H,11,17H2,1H3. The minimum absolute atomic E-state index is 0.0387. The van der Waals surface area contributed by atoms with E-state index in [1.54, 1.807) is 0 Å². The van der Waals surface area contributed by atoms with Crippen molar-refractivity contribution in [1.29, 1.82) is 0 Å². The van der Waals surface area contributed by atoms with E-state index in [4.69, 9.17) is 5.73 Å². The van der Waals surface area contributed by atoms with Crippen LogP contribution in [-0.4, -0.2) is 9.78 Å². The van der Waals surface area contributed by atoms with Crippen molar-refractivity contribution in [1.82, 2.24) is 9.78 Å². The average Bonchev–Trinajstić information content (AvgIpc) is 2.82. The van der Waals surface area contributed by atoms with Gasteiger partial charge in [0.1, 0.15) is 0 Å². The summed E-state index contributed by atoms with van der Waals surface area (Å²) in [7, 11) is 0. The Morgan fingerprint density at radius 2 is 2.00 bits per heavy atom. The first-order valence-corrected chi connectivity index (χ1v) is 6.47. The summed E-state index contributed by atoms with van der Waals surface area (Å²) < 4.78 is 1.97. The lowest BCUT2D eigenvalue weighted by Gasteiger charge is -2.13. The van der Waals surface area contributed by atoms with Crippen molar-refractivity contribution in [3.05, 3.63) is 65.9 Å². The zero-order valence-corrected chi connectivity index (χ0v) is 11.0. The Hall–Kier alpha value is -2.13. The SMILES string of the molecule is Cc1cccc(C(N)Cn2ncc3ccccc32)c1. The molecule has 0 radical (unpaired) electrons. The van der Waals surface area contributed by atoms with E-state index in [1.807, 2.05) is 29.1 Å². The normalized spacial score (nSPS) is 12.7. The lowest BCUT2D eigenvalue weighted by molar-refractivity contribution is 0.541. The van der Waals surface area contributed by atoms with E-state index in [0.29, 0.717) is 6.54 Å². The molecule has 3 rings (SSSR count). The number of benzene rings is 2. The fourth-order valence-corrected chi connectivity index (χ4v) is 2.36. The first-order chi connectivity index (χ1) is 9.24. The molecular formula is C16H17N3. The van der Waals surface area contributed by atoms with Crippen LogP contribution in [0.5, 0.6) is 0 Å². The number of hydrogen-bond donors (Lipinski definition) is 1. The maximum atomic E-state index is 6.29. The van der Waals surface area contributed by atoms with Crippen molar-refractivity contribution >= 4 is 10.9 Å².